The summed E-state index contributed by atoms with van der Waals surface area (Å²) in [5.74, 6) is 0.470. The number of aromatic nitrogens is 3. The number of nitrogens with one attached hydrogen (secondary N) is 1. The summed E-state index contributed by atoms with van der Waals surface area (Å²) in [6, 6.07) is 5.71. The molecule has 1 aliphatic rings. The lowest BCUT2D eigenvalue weighted by Gasteiger charge is -2.33. The van der Waals surface area contributed by atoms with Gasteiger partial charge in [-0.3, -0.25) is 9.69 Å². The van der Waals surface area contributed by atoms with Gasteiger partial charge in [-0.15, -0.1) is 0 Å². The van der Waals surface area contributed by atoms with Crippen LogP contribution >= 0.6 is 0 Å². The number of aryl methyl sites for hydroxylation is 1. The second kappa shape index (κ2) is 8.12. The predicted molar refractivity (Wildman–Crippen MR) is 105 cm³/mol. The van der Waals surface area contributed by atoms with E-state index in [1.54, 1.807) is 6.07 Å². The van der Waals surface area contributed by atoms with Crippen molar-refractivity contribution in [3.63, 3.8) is 0 Å². The maximum atomic E-state index is 12.4. The van der Waals surface area contributed by atoms with E-state index in [0.29, 0.717) is 18.8 Å². The van der Waals surface area contributed by atoms with Gasteiger partial charge in [0.1, 0.15) is 5.65 Å². The highest BCUT2D eigenvalue weighted by Crippen LogP contribution is 2.11. The fraction of sp³-hybridized carbons (Fsp3) is 0.450. The van der Waals surface area contributed by atoms with Crippen molar-refractivity contribution in [2.75, 3.05) is 32.7 Å². The molecule has 0 atom stereocenters. The van der Waals surface area contributed by atoms with Crippen LogP contribution in [0.15, 0.2) is 35.1 Å². The first-order valence-corrected chi connectivity index (χ1v) is 9.73. The number of amides is 1. The first-order valence-electron chi connectivity index (χ1n) is 9.73. The zero-order chi connectivity index (χ0) is 19.5. The number of likely N-dealkylation sites (N-methyl/N-ethyl adjacent to an activating group) is 1. The molecule has 0 aliphatic carbocycles. The van der Waals surface area contributed by atoms with Crippen molar-refractivity contribution in [2.24, 2.45) is 0 Å². The van der Waals surface area contributed by atoms with Gasteiger partial charge in [0.2, 0.25) is 0 Å². The Balaban J connectivity index is 1.31. The standard InChI is InChI=1S/C20H26N6O2/c1-3-24-6-8-25(9-7-24)14-17-10-18(23-28-17)20(27)21-11-16-13-26-12-15(2)4-5-19(26)22-16/h4-5,10,12-13H,3,6-9,11,14H2,1-2H3,(H,21,27). The SMILES string of the molecule is CCN1CCN(Cc2cc(C(=O)NCc3cn4cc(C)ccc4n3)no2)CC1. The molecule has 3 aromatic rings. The molecule has 1 aliphatic heterocycles. The van der Waals surface area contributed by atoms with Gasteiger partial charge in [-0.1, -0.05) is 18.1 Å². The Kier molecular flexibility index (Phi) is 5.40. The molecule has 148 valence electrons. The van der Waals surface area contributed by atoms with Crippen molar-refractivity contribution in [3.05, 3.63) is 53.3 Å². The molecule has 0 radical (unpaired) electrons. The van der Waals surface area contributed by atoms with Gasteiger partial charge in [0, 0.05) is 44.6 Å². The van der Waals surface area contributed by atoms with Crippen LogP contribution in [0.5, 0.6) is 0 Å². The maximum absolute atomic E-state index is 12.4. The van der Waals surface area contributed by atoms with Gasteiger partial charge in [-0.2, -0.15) is 0 Å². The number of carbonyl (C=O) groups is 1. The van der Waals surface area contributed by atoms with Crippen molar-refractivity contribution in [2.45, 2.75) is 26.9 Å². The number of carbonyl (C=O) groups excluding carboxylic acids is 1. The molecule has 1 amide bonds. The van der Waals surface area contributed by atoms with Crippen LogP contribution in [0.2, 0.25) is 0 Å². The summed E-state index contributed by atoms with van der Waals surface area (Å²) in [5, 5.41) is 6.79. The number of hydrogen-bond donors (Lipinski definition) is 1. The summed E-state index contributed by atoms with van der Waals surface area (Å²) in [7, 11) is 0. The Morgan fingerprint density at radius 3 is 2.75 bits per heavy atom. The van der Waals surface area contributed by atoms with E-state index in [0.717, 1.165) is 55.4 Å². The van der Waals surface area contributed by atoms with Crippen molar-refractivity contribution in [1.82, 2.24) is 29.7 Å². The van der Waals surface area contributed by atoms with E-state index in [1.807, 2.05) is 35.9 Å². The van der Waals surface area contributed by atoms with Crippen LogP contribution in [0, 0.1) is 6.92 Å². The topological polar surface area (TPSA) is 78.9 Å². The molecular formula is C20H26N6O2. The van der Waals surface area contributed by atoms with E-state index < -0.39 is 0 Å². The van der Waals surface area contributed by atoms with Crippen LogP contribution in [0.1, 0.15) is 34.4 Å². The third-order valence-electron chi connectivity index (χ3n) is 5.16. The van der Waals surface area contributed by atoms with Crippen LogP contribution in [-0.4, -0.2) is 63.0 Å². The van der Waals surface area contributed by atoms with Gasteiger partial charge in [0.15, 0.2) is 11.5 Å². The molecule has 1 N–H and O–H groups in total. The summed E-state index contributed by atoms with van der Waals surface area (Å²) >= 11 is 0. The minimum absolute atomic E-state index is 0.251. The third kappa shape index (κ3) is 4.23. The van der Waals surface area contributed by atoms with Crippen LogP contribution in [0.25, 0.3) is 5.65 Å². The van der Waals surface area contributed by atoms with Gasteiger partial charge in [-0.05, 0) is 25.1 Å². The van der Waals surface area contributed by atoms with Crippen LogP contribution in [0.3, 0.4) is 0 Å². The normalized spacial score (nSPS) is 15.9. The molecule has 4 rings (SSSR count). The summed E-state index contributed by atoms with van der Waals surface area (Å²) in [4.78, 5) is 21.6. The lowest BCUT2D eigenvalue weighted by atomic mass is 10.3. The summed E-state index contributed by atoms with van der Waals surface area (Å²) < 4.78 is 7.33. The summed E-state index contributed by atoms with van der Waals surface area (Å²) in [6.45, 7) is 10.5. The minimum Gasteiger partial charge on any atom is -0.359 e. The Labute approximate surface area is 164 Å². The van der Waals surface area contributed by atoms with E-state index in [2.05, 4.69) is 32.2 Å². The predicted octanol–water partition coefficient (Wildman–Crippen LogP) is 1.70. The molecule has 0 aromatic carbocycles. The molecule has 1 saturated heterocycles. The molecule has 1 fully saturated rings. The number of piperazine rings is 1. The van der Waals surface area contributed by atoms with E-state index in [4.69, 9.17) is 4.52 Å². The summed E-state index contributed by atoms with van der Waals surface area (Å²) in [6.07, 6.45) is 3.94. The zero-order valence-electron chi connectivity index (χ0n) is 16.4. The van der Waals surface area contributed by atoms with Crippen molar-refractivity contribution in [1.29, 1.82) is 0 Å². The van der Waals surface area contributed by atoms with Gasteiger partial charge in [0.25, 0.3) is 5.91 Å². The second-order valence-corrected chi connectivity index (χ2v) is 7.28. The Morgan fingerprint density at radius 2 is 1.96 bits per heavy atom. The minimum atomic E-state index is -0.251. The third-order valence-corrected chi connectivity index (χ3v) is 5.16. The van der Waals surface area contributed by atoms with Crippen molar-refractivity contribution in [3.8, 4) is 0 Å². The highest BCUT2D eigenvalue weighted by atomic mass is 16.5. The zero-order valence-corrected chi connectivity index (χ0v) is 16.4. The van der Waals surface area contributed by atoms with E-state index in [-0.39, 0.29) is 5.91 Å². The van der Waals surface area contributed by atoms with Gasteiger partial charge >= 0.3 is 0 Å². The number of imidazole rings is 1. The molecule has 0 saturated carbocycles. The number of fused-ring (bicyclic) bond motifs is 1. The maximum Gasteiger partial charge on any atom is 0.273 e. The molecular weight excluding hydrogens is 356 g/mol. The Hall–Kier alpha value is -2.71. The number of nitrogens with zero attached hydrogens (tertiary/aromatic N) is 5. The lowest BCUT2D eigenvalue weighted by molar-refractivity contribution is 0.0940. The largest absolute Gasteiger partial charge is 0.359 e. The fourth-order valence-electron chi connectivity index (χ4n) is 3.48. The highest BCUT2D eigenvalue weighted by molar-refractivity contribution is 5.92. The Bertz CT molecular complexity index is 955. The van der Waals surface area contributed by atoms with Crippen LogP contribution in [0.4, 0.5) is 0 Å². The lowest BCUT2D eigenvalue weighted by Crippen LogP contribution is -2.45. The number of pyridine rings is 1. The average molecular weight is 382 g/mol. The molecule has 8 heteroatoms. The molecule has 0 bridgehead atoms. The van der Waals surface area contributed by atoms with Gasteiger partial charge in [0.05, 0.1) is 18.8 Å². The molecule has 0 spiro atoms. The number of hydrogen-bond acceptors (Lipinski definition) is 6. The molecule has 4 heterocycles. The first kappa shape index (κ1) is 18.6. The second-order valence-electron chi connectivity index (χ2n) is 7.28. The van der Waals surface area contributed by atoms with E-state index >= 15 is 0 Å². The Morgan fingerprint density at radius 1 is 1.18 bits per heavy atom. The molecule has 3 aromatic heterocycles. The first-order chi connectivity index (χ1) is 13.6. The monoisotopic (exact) mass is 382 g/mol. The van der Waals surface area contributed by atoms with Crippen LogP contribution < -0.4 is 5.32 Å². The van der Waals surface area contributed by atoms with Gasteiger partial charge < -0.3 is 19.1 Å². The molecule has 28 heavy (non-hydrogen) atoms. The fourth-order valence-corrected chi connectivity index (χ4v) is 3.48. The molecule has 0 unspecified atom stereocenters. The van der Waals surface area contributed by atoms with Crippen molar-refractivity contribution < 1.29 is 9.32 Å². The highest BCUT2D eigenvalue weighted by Gasteiger charge is 2.19. The van der Waals surface area contributed by atoms with Crippen LogP contribution in [-0.2, 0) is 13.1 Å². The smallest absolute Gasteiger partial charge is 0.273 e. The van der Waals surface area contributed by atoms with E-state index in [9.17, 15) is 4.79 Å². The average Bonchev–Trinajstić information content (AvgIpc) is 3.33. The van der Waals surface area contributed by atoms with Crippen molar-refractivity contribution >= 4 is 11.6 Å². The number of rotatable bonds is 6. The quantitative estimate of drug-likeness (QED) is 0.699. The summed E-state index contributed by atoms with van der Waals surface area (Å²) in [5.41, 5.74) is 3.13. The molecule has 8 nitrogen and oxygen atoms in total. The van der Waals surface area contributed by atoms with Gasteiger partial charge in [-0.25, -0.2) is 4.98 Å². The van der Waals surface area contributed by atoms with E-state index in [1.165, 1.54) is 0 Å².